The Hall–Kier alpha value is -2.96. The molecule has 0 amide bonds. The SMILES string of the molecule is CCn1ncnc1C(C)Nc1ncc2c(n1)CCN2c1ccccc1. The highest BCUT2D eigenvalue weighted by Crippen LogP contribution is 2.33. The van der Waals surface area contributed by atoms with E-state index in [1.165, 1.54) is 5.69 Å². The molecule has 1 N–H and O–H groups in total. The Morgan fingerprint density at radius 2 is 2.04 bits per heavy atom. The fourth-order valence-corrected chi connectivity index (χ4v) is 3.21. The molecule has 1 aliphatic rings. The molecule has 0 fully saturated rings. The molecule has 4 rings (SSSR count). The van der Waals surface area contributed by atoms with Gasteiger partial charge in [0.05, 0.1) is 23.6 Å². The van der Waals surface area contributed by atoms with Crippen molar-refractivity contribution in [2.45, 2.75) is 32.9 Å². The van der Waals surface area contributed by atoms with Crippen molar-refractivity contribution in [3.05, 3.63) is 54.4 Å². The molecule has 0 radical (unpaired) electrons. The van der Waals surface area contributed by atoms with Gasteiger partial charge in [0.1, 0.15) is 12.2 Å². The van der Waals surface area contributed by atoms with Crippen LogP contribution >= 0.6 is 0 Å². The minimum absolute atomic E-state index is 0.00729. The third-order valence-electron chi connectivity index (χ3n) is 4.45. The number of anilines is 3. The number of fused-ring (bicyclic) bond motifs is 1. The van der Waals surface area contributed by atoms with Crippen LogP contribution < -0.4 is 10.2 Å². The Morgan fingerprint density at radius 3 is 2.84 bits per heavy atom. The van der Waals surface area contributed by atoms with Gasteiger partial charge in [0.2, 0.25) is 5.95 Å². The van der Waals surface area contributed by atoms with E-state index in [1.54, 1.807) is 6.33 Å². The molecular weight excluding hydrogens is 314 g/mol. The summed E-state index contributed by atoms with van der Waals surface area (Å²) in [6, 6.07) is 10.3. The van der Waals surface area contributed by atoms with E-state index in [9.17, 15) is 0 Å². The van der Waals surface area contributed by atoms with Gasteiger partial charge >= 0.3 is 0 Å². The van der Waals surface area contributed by atoms with Crippen molar-refractivity contribution in [3.63, 3.8) is 0 Å². The smallest absolute Gasteiger partial charge is 0.223 e. The number of benzene rings is 1. The third kappa shape index (κ3) is 2.93. The van der Waals surface area contributed by atoms with Crippen LogP contribution in [0.1, 0.15) is 31.4 Å². The fraction of sp³-hybridized carbons (Fsp3) is 0.333. The summed E-state index contributed by atoms with van der Waals surface area (Å²) in [6.07, 6.45) is 4.40. The second kappa shape index (κ2) is 6.51. The largest absolute Gasteiger partial charge is 0.344 e. The molecule has 3 aromatic rings. The lowest BCUT2D eigenvalue weighted by molar-refractivity contribution is 0.591. The first-order valence-electron chi connectivity index (χ1n) is 8.59. The normalized spacial score (nSPS) is 14.4. The fourth-order valence-electron chi connectivity index (χ4n) is 3.21. The van der Waals surface area contributed by atoms with Crippen LogP contribution in [0.2, 0.25) is 0 Å². The summed E-state index contributed by atoms with van der Waals surface area (Å²) in [5, 5.41) is 7.56. The minimum atomic E-state index is -0.00729. The van der Waals surface area contributed by atoms with E-state index in [4.69, 9.17) is 4.98 Å². The van der Waals surface area contributed by atoms with E-state index < -0.39 is 0 Å². The van der Waals surface area contributed by atoms with Gasteiger partial charge in [0.15, 0.2) is 0 Å². The molecule has 1 unspecified atom stereocenters. The molecule has 0 saturated carbocycles. The predicted octanol–water partition coefficient (Wildman–Crippen LogP) is 2.96. The van der Waals surface area contributed by atoms with Crippen LogP contribution in [0.15, 0.2) is 42.9 Å². The summed E-state index contributed by atoms with van der Waals surface area (Å²) in [7, 11) is 0. The number of hydrogen-bond acceptors (Lipinski definition) is 6. The molecule has 1 aliphatic heterocycles. The number of nitrogens with zero attached hydrogens (tertiary/aromatic N) is 6. The van der Waals surface area contributed by atoms with Gasteiger partial charge in [0, 0.05) is 25.2 Å². The number of para-hydroxylation sites is 1. The van der Waals surface area contributed by atoms with Crippen molar-refractivity contribution < 1.29 is 0 Å². The maximum absolute atomic E-state index is 4.71. The Bertz CT molecular complexity index is 859. The van der Waals surface area contributed by atoms with Crippen molar-refractivity contribution in [1.29, 1.82) is 0 Å². The minimum Gasteiger partial charge on any atom is -0.344 e. The van der Waals surface area contributed by atoms with Gasteiger partial charge in [-0.05, 0) is 26.0 Å². The lowest BCUT2D eigenvalue weighted by Gasteiger charge is -2.19. The van der Waals surface area contributed by atoms with Gasteiger partial charge in [-0.1, -0.05) is 18.2 Å². The van der Waals surface area contributed by atoms with Crippen LogP contribution in [0, 0.1) is 0 Å². The maximum atomic E-state index is 4.71. The predicted molar refractivity (Wildman–Crippen MR) is 96.9 cm³/mol. The average molecular weight is 335 g/mol. The van der Waals surface area contributed by atoms with Crippen LogP contribution in [-0.2, 0) is 13.0 Å². The zero-order valence-corrected chi connectivity index (χ0v) is 14.4. The van der Waals surface area contributed by atoms with Gasteiger partial charge < -0.3 is 10.2 Å². The van der Waals surface area contributed by atoms with E-state index >= 15 is 0 Å². The van der Waals surface area contributed by atoms with Crippen LogP contribution in [0.5, 0.6) is 0 Å². The number of rotatable bonds is 5. The van der Waals surface area contributed by atoms with Gasteiger partial charge in [-0.25, -0.2) is 19.6 Å². The molecular formula is C18H21N7. The molecule has 1 atom stereocenters. The highest BCUT2D eigenvalue weighted by atomic mass is 15.3. The first-order chi connectivity index (χ1) is 12.3. The molecule has 0 saturated heterocycles. The van der Waals surface area contributed by atoms with Crippen molar-refractivity contribution in [3.8, 4) is 0 Å². The summed E-state index contributed by atoms with van der Waals surface area (Å²) < 4.78 is 1.88. The van der Waals surface area contributed by atoms with Gasteiger partial charge in [-0.15, -0.1) is 0 Å². The Kier molecular flexibility index (Phi) is 4.05. The first-order valence-corrected chi connectivity index (χ1v) is 8.59. The van der Waals surface area contributed by atoms with Crippen molar-refractivity contribution in [2.75, 3.05) is 16.8 Å². The molecule has 128 valence electrons. The van der Waals surface area contributed by atoms with Gasteiger partial charge in [-0.2, -0.15) is 5.10 Å². The monoisotopic (exact) mass is 335 g/mol. The standard InChI is InChI=1S/C18H21N7/c1-3-25-17(20-12-21-25)13(2)22-18-19-11-16-15(23-18)9-10-24(16)14-7-5-4-6-8-14/h4-8,11-13H,3,9-10H2,1-2H3,(H,19,22,23). The topological polar surface area (TPSA) is 71.8 Å². The third-order valence-corrected chi connectivity index (χ3v) is 4.45. The molecule has 0 aliphatic carbocycles. The molecule has 1 aromatic carbocycles. The van der Waals surface area contributed by atoms with Crippen molar-refractivity contribution in [2.24, 2.45) is 0 Å². The van der Waals surface area contributed by atoms with E-state index in [0.717, 1.165) is 36.7 Å². The zero-order valence-electron chi connectivity index (χ0n) is 14.4. The molecule has 25 heavy (non-hydrogen) atoms. The van der Waals surface area contributed by atoms with E-state index in [2.05, 4.69) is 56.5 Å². The van der Waals surface area contributed by atoms with Crippen LogP contribution in [0.4, 0.5) is 17.3 Å². The average Bonchev–Trinajstić information content (AvgIpc) is 3.28. The van der Waals surface area contributed by atoms with Crippen molar-refractivity contribution in [1.82, 2.24) is 24.7 Å². The van der Waals surface area contributed by atoms with Crippen LogP contribution in [0.25, 0.3) is 0 Å². The lowest BCUT2D eigenvalue weighted by atomic mass is 10.3. The zero-order chi connectivity index (χ0) is 17.2. The summed E-state index contributed by atoms with van der Waals surface area (Å²) in [6.45, 7) is 5.81. The van der Waals surface area contributed by atoms with Crippen LogP contribution in [-0.4, -0.2) is 31.3 Å². The highest BCUT2D eigenvalue weighted by Gasteiger charge is 2.23. The second-order valence-corrected chi connectivity index (χ2v) is 6.06. The van der Waals surface area contributed by atoms with E-state index in [0.29, 0.717) is 5.95 Å². The summed E-state index contributed by atoms with van der Waals surface area (Å²) in [5.41, 5.74) is 3.33. The highest BCUT2D eigenvalue weighted by molar-refractivity contribution is 5.68. The number of hydrogen-bond donors (Lipinski definition) is 1. The van der Waals surface area contributed by atoms with E-state index in [1.807, 2.05) is 23.9 Å². The summed E-state index contributed by atoms with van der Waals surface area (Å²) in [5.74, 6) is 1.52. The van der Waals surface area contributed by atoms with Crippen molar-refractivity contribution >= 4 is 17.3 Å². The molecule has 0 bridgehead atoms. The number of aryl methyl sites for hydroxylation is 1. The molecule has 2 aromatic heterocycles. The first kappa shape index (κ1) is 15.6. The number of aromatic nitrogens is 5. The maximum Gasteiger partial charge on any atom is 0.223 e. The van der Waals surface area contributed by atoms with Gasteiger partial charge in [-0.3, -0.25) is 0 Å². The molecule has 3 heterocycles. The molecule has 0 spiro atoms. The summed E-state index contributed by atoms with van der Waals surface area (Å²) >= 11 is 0. The van der Waals surface area contributed by atoms with Crippen LogP contribution in [0.3, 0.4) is 0 Å². The lowest BCUT2D eigenvalue weighted by Crippen LogP contribution is -2.16. The molecule has 7 heteroatoms. The van der Waals surface area contributed by atoms with Gasteiger partial charge in [0.25, 0.3) is 0 Å². The Balaban J connectivity index is 1.54. The Labute approximate surface area is 146 Å². The quantitative estimate of drug-likeness (QED) is 0.773. The number of nitrogens with one attached hydrogen (secondary N) is 1. The Morgan fingerprint density at radius 1 is 1.20 bits per heavy atom. The van der Waals surface area contributed by atoms with E-state index in [-0.39, 0.29) is 6.04 Å². The second-order valence-electron chi connectivity index (χ2n) is 6.06. The molecule has 7 nitrogen and oxygen atoms in total. The summed E-state index contributed by atoms with van der Waals surface area (Å²) in [4.78, 5) is 15.8.